The third kappa shape index (κ3) is 6.67. The van der Waals surface area contributed by atoms with Crippen LogP contribution in [-0.2, 0) is 24.9 Å². The number of nitrogens with zero attached hydrogens (tertiary/aromatic N) is 1. The molecule has 247 valence electrons. The minimum absolute atomic E-state index is 0. The molecule has 0 spiro atoms. The topological polar surface area (TPSA) is 63.3 Å². The Labute approximate surface area is 296 Å². The molecule has 1 N–H and O–H groups in total. The summed E-state index contributed by atoms with van der Waals surface area (Å²) in [6, 6.07) is 33.7. The molecule has 0 aliphatic rings. The number of fused-ring (bicyclic) bond motifs is 8. The molecule has 5 aromatic carbocycles. The van der Waals surface area contributed by atoms with Crippen molar-refractivity contribution in [3.05, 3.63) is 115 Å². The number of rotatable bonds is 3. The standard InChI is InChI=1S/C32H22NO.C11H20O2.Ir/c1-19(2)28-17-21(18-29-26-9-5-6-10-30(26)34-32(28)29)31-27-14-13-23-22-8-4-3-7-20(22)11-12-24(23)25(27)15-16-33-31;1-10(2,3)8(12)7-9(13)11(4,5)6;/h3-16,18-19H,1-2H3;7,12H,1-6H3;/q-1;;/b;8-7-;. The molecule has 48 heavy (non-hydrogen) atoms. The van der Waals surface area contributed by atoms with Crippen LogP contribution in [-0.4, -0.2) is 15.9 Å². The fraction of sp³-hybridized carbons (Fsp3) is 0.256. The zero-order valence-corrected chi connectivity index (χ0v) is 31.3. The fourth-order valence-corrected chi connectivity index (χ4v) is 5.85. The zero-order valence-electron chi connectivity index (χ0n) is 28.9. The van der Waals surface area contributed by atoms with Crippen molar-refractivity contribution >= 4 is 60.0 Å². The summed E-state index contributed by atoms with van der Waals surface area (Å²) >= 11 is 0. The molecular weight excluding hydrogens is 771 g/mol. The van der Waals surface area contributed by atoms with Gasteiger partial charge in [0.25, 0.3) is 0 Å². The molecule has 5 heteroatoms. The Hall–Kier alpha value is -4.31. The SMILES string of the molecule is CC(C)(C)C(=O)/C=C(\O)C(C)(C)C.CC(C)c1[c-]c(-c2nccc3c2ccc2c4ccccc4ccc32)cc2c1oc1ccccc12.[Ir]. The molecular formula is C43H42IrNO3-. The van der Waals surface area contributed by atoms with Crippen molar-refractivity contribution in [2.24, 2.45) is 10.8 Å². The predicted molar refractivity (Wildman–Crippen MR) is 197 cm³/mol. The fourth-order valence-electron chi connectivity index (χ4n) is 5.85. The van der Waals surface area contributed by atoms with Crippen molar-refractivity contribution in [2.45, 2.75) is 61.3 Å². The molecule has 2 heterocycles. The maximum Gasteiger partial charge on any atom is 0.164 e. The number of benzene rings is 5. The van der Waals surface area contributed by atoms with E-state index in [1.165, 1.54) is 33.0 Å². The number of hydrogen-bond donors (Lipinski definition) is 1. The number of para-hydroxylation sites is 1. The Morgan fingerprint density at radius 1 is 0.750 bits per heavy atom. The summed E-state index contributed by atoms with van der Waals surface area (Å²) < 4.78 is 6.27. The van der Waals surface area contributed by atoms with Crippen LogP contribution in [0.15, 0.2) is 107 Å². The minimum Gasteiger partial charge on any atom is -0.512 e. The molecule has 0 aliphatic heterocycles. The van der Waals surface area contributed by atoms with Crippen LogP contribution in [0.5, 0.6) is 0 Å². The first-order valence-corrected chi connectivity index (χ1v) is 16.3. The van der Waals surface area contributed by atoms with E-state index in [1.54, 1.807) is 0 Å². The largest absolute Gasteiger partial charge is 0.512 e. The van der Waals surface area contributed by atoms with E-state index in [0.29, 0.717) is 0 Å². The first-order valence-electron chi connectivity index (χ1n) is 16.3. The number of carbonyl (C=O) groups is 1. The van der Waals surface area contributed by atoms with Crippen LogP contribution in [0, 0.1) is 16.9 Å². The Balaban J connectivity index is 0.000000277. The van der Waals surface area contributed by atoms with E-state index in [4.69, 9.17) is 9.40 Å². The van der Waals surface area contributed by atoms with Crippen LogP contribution in [0.25, 0.3) is 65.5 Å². The number of aliphatic hydroxyl groups is 1. The first-order chi connectivity index (χ1) is 22.2. The van der Waals surface area contributed by atoms with Gasteiger partial charge in [-0.15, -0.1) is 17.7 Å². The van der Waals surface area contributed by atoms with Crippen molar-refractivity contribution in [3.63, 3.8) is 0 Å². The average molecular weight is 813 g/mol. The monoisotopic (exact) mass is 813 g/mol. The number of pyridine rings is 1. The van der Waals surface area contributed by atoms with Crippen molar-refractivity contribution in [1.82, 2.24) is 4.98 Å². The number of furan rings is 1. The van der Waals surface area contributed by atoms with E-state index in [2.05, 4.69) is 92.7 Å². The summed E-state index contributed by atoms with van der Waals surface area (Å²) in [5.41, 5.74) is 4.13. The van der Waals surface area contributed by atoms with Gasteiger partial charge < -0.3 is 14.5 Å². The maximum absolute atomic E-state index is 11.5. The molecule has 7 aromatic rings. The predicted octanol–water partition coefficient (Wildman–Crippen LogP) is 12.1. The van der Waals surface area contributed by atoms with Gasteiger partial charge in [0, 0.05) is 48.6 Å². The summed E-state index contributed by atoms with van der Waals surface area (Å²) in [4.78, 5) is 16.3. The van der Waals surface area contributed by atoms with Gasteiger partial charge in [-0.2, -0.15) is 0 Å². The molecule has 1 radical (unpaired) electrons. The molecule has 0 saturated carbocycles. The van der Waals surface area contributed by atoms with Crippen molar-refractivity contribution < 1.29 is 34.4 Å². The number of aromatic nitrogens is 1. The summed E-state index contributed by atoms with van der Waals surface area (Å²) in [6.07, 6.45) is 3.26. The van der Waals surface area contributed by atoms with Crippen molar-refractivity contribution in [2.75, 3.05) is 0 Å². The van der Waals surface area contributed by atoms with E-state index < -0.39 is 5.41 Å². The van der Waals surface area contributed by atoms with Crippen LogP contribution < -0.4 is 0 Å². The molecule has 0 atom stereocenters. The van der Waals surface area contributed by atoms with Crippen LogP contribution in [0.1, 0.15) is 66.9 Å². The van der Waals surface area contributed by atoms with E-state index >= 15 is 0 Å². The zero-order chi connectivity index (χ0) is 33.7. The Bertz CT molecular complexity index is 2330. The number of aliphatic hydroxyl groups excluding tert-OH is 1. The molecule has 0 saturated heterocycles. The van der Waals surface area contributed by atoms with Gasteiger partial charge in [-0.05, 0) is 56.1 Å². The van der Waals surface area contributed by atoms with E-state index in [9.17, 15) is 9.90 Å². The molecule has 0 amide bonds. The second kappa shape index (κ2) is 13.3. The Morgan fingerprint density at radius 2 is 1.35 bits per heavy atom. The number of ketones is 1. The van der Waals surface area contributed by atoms with Gasteiger partial charge in [0.1, 0.15) is 11.3 Å². The molecule has 0 aliphatic carbocycles. The molecule has 4 nitrogen and oxygen atoms in total. The van der Waals surface area contributed by atoms with Crippen LogP contribution in [0.4, 0.5) is 0 Å². The van der Waals surface area contributed by atoms with E-state index in [1.807, 2.05) is 59.9 Å². The van der Waals surface area contributed by atoms with Gasteiger partial charge in [0.15, 0.2) is 5.78 Å². The van der Waals surface area contributed by atoms with Gasteiger partial charge in [0.05, 0.1) is 5.58 Å². The third-order valence-electron chi connectivity index (χ3n) is 8.71. The van der Waals surface area contributed by atoms with Crippen molar-refractivity contribution in [1.29, 1.82) is 0 Å². The minimum atomic E-state index is -0.417. The van der Waals surface area contributed by atoms with Crippen LogP contribution in [0.3, 0.4) is 0 Å². The number of carbonyl (C=O) groups excluding carboxylic acids is 1. The van der Waals surface area contributed by atoms with Gasteiger partial charge in [-0.3, -0.25) is 4.79 Å². The normalized spacial score (nSPS) is 12.5. The second-order valence-corrected chi connectivity index (χ2v) is 14.7. The molecule has 0 bridgehead atoms. The number of hydrogen-bond acceptors (Lipinski definition) is 4. The first kappa shape index (κ1) is 35.0. The maximum atomic E-state index is 11.5. The van der Waals surface area contributed by atoms with Crippen molar-refractivity contribution in [3.8, 4) is 11.3 Å². The quantitative estimate of drug-likeness (QED) is 0.0835. The summed E-state index contributed by atoms with van der Waals surface area (Å²) in [6.45, 7) is 15.5. The van der Waals surface area contributed by atoms with Gasteiger partial charge in [0.2, 0.25) is 0 Å². The van der Waals surface area contributed by atoms with Gasteiger partial charge in [-0.1, -0.05) is 133 Å². The molecule has 2 aromatic heterocycles. The molecule has 0 unspecified atom stereocenters. The third-order valence-corrected chi connectivity index (χ3v) is 8.71. The van der Waals surface area contributed by atoms with E-state index in [-0.39, 0.29) is 43.0 Å². The Kier molecular flexibility index (Phi) is 9.70. The number of allylic oxidation sites excluding steroid dienone is 2. The summed E-state index contributed by atoms with van der Waals surface area (Å²) in [5, 5.41) is 19.2. The van der Waals surface area contributed by atoms with Gasteiger partial charge in [-0.25, -0.2) is 0 Å². The van der Waals surface area contributed by atoms with Crippen LogP contribution in [0.2, 0.25) is 0 Å². The molecule has 7 rings (SSSR count). The summed E-state index contributed by atoms with van der Waals surface area (Å²) in [7, 11) is 0. The van der Waals surface area contributed by atoms with Gasteiger partial charge >= 0.3 is 0 Å². The Morgan fingerprint density at radius 3 is 2.04 bits per heavy atom. The smallest absolute Gasteiger partial charge is 0.164 e. The average Bonchev–Trinajstić information content (AvgIpc) is 3.41. The molecule has 0 fully saturated rings. The second-order valence-electron chi connectivity index (χ2n) is 14.7. The van der Waals surface area contributed by atoms with E-state index in [0.717, 1.165) is 44.1 Å². The van der Waals surface area contributed by atoms with Crippen LogP contribution >= 0.6 is 0 Å². The summed E-state index contributed by atoms with van der Waals surface area (Å²) in [5.74, 6) is 0.387.